The molecule has 1 rings (SSSR count). The van der Waals surface area contributed by atoms with Crippen LogP contribution in [0.5, 0.6) is 0 Å². The number of rotatable bonds is 6. The van der Waals surface area contributed by atoms with E-state index in [4.69, 9.17) is 5.73 Å². The van der Waals surface area contributed by atoms with Gasteiger partial charge < -0.3 is 15.8 Å². The summed E-state index contributed by atoms with van der Waals surface area (Å²) in [7, 11) is 1.32. The van der Waals surface area contributed by atoms with Gasteiger partial charge in [0.2, 0.25) is 5.91 Å². The average molecular weight is 301 g/mol. The monoisotopic (exact) mass is 300 g/mol. The number of carbonyl (C=O) groups excluding carboxylic acids is 2. The maximum atomic E-state index is 11.8. The molecule has 0 aliphatic heterocycles. The third-order valence-electron chi connectivity index (χ3n) is 2.82. The molecule has 0 heterocycles. The third kappa shape index (κ3) is 6.04. The number of amides is 1. The SMILES string of the molecule is COC(=O)C(C)CNC(=O)[C@@H](N)Cc1ccccc1.Cl. The van der Waals surface area contributed by atoms with Crippen molar-refractivity contribution < 1.29 is 14.3 Å². The Hall–Kier alpha value is -1.59. The molecular weight excluding hydrogens is 280 g/mol. The van der Waals surface area contributed by atoms with Crippen LogP contribution < -0.4 is 11.1 Å². The molecule has 0 spiro atoms. The van der Waals surface area contributed by atoms with Crippen LogP contribution in [0.4, 0.5) is 0 Å². The van der Waals surface area contributed by atoms with E-state index >= 15 is 0 Å². The van der Waals surface area contributed by atoms with Crippen molar-refractivity contribution >= 4 is 24.3 Å². The van der Waals surface area contributed by atoms with Crippen LogP contribution in [0, 0.1) is 5.92 Å². The molecule has 20 heavy (non-hydrogen) atoms. The lowest BCUT2D eigenvalue weighted by molar-refractivity contribution is -0.144. The molecule has 0 saturated heterocycles. The highest BCUT2D eigenvalue weighted by Crippen LogP contribution is 2.02. The van der Waals surface area contributed by atoms with Gasteiger partial charge in [0.05, 0.1) is 19.1 Å². The van der Waals surface area contributed by atoms with Crippen molar-refractivity contribution in [1.82, 2.24) is 5.32 Å². The highest BCUT2D eigenvalue weighted by molar-refractivity contribution is 5.85. The summed E-state index contributed by atoms with van der Waals surface area (Å²) in [5.41, 5.74) is 6.82. The molecule has 3 N–H and O–H groups in total. The van der Waals surface area contributed by atoms with Gasteiger partial charge in [-0.3, -0.25) is 9.59 Å². The Morgan fingerprint density at radius 1 is 1.30 bits per heavy atom. The Kier molecular flexibility index (Phi) is 8.59. The molecule has 0 aliphatic carbocycles. The van der Waals surface area contributed by atoms with Gasteiger partial charge in [-0.1, -0.05) is 37.3 Å². The van der Waals surface area contributed by atoms with Gasteiger partial charge in [0.25, 0.3) is 0 Å². The molecule has 2 atom stereocenters. The van der Waals surface area contributed by atoms with Crippen molar-refractivity contribution in [3.8, 4) is 0 Å². The summed E-state index contributed by atoms with van der Waals surface area (Å²) in [5, 5.41) is 2.65. The molecule has 1 aromatic carbocycles. The molecular formula is C14H21ClN2O3. The van der Waals surface area contributed by atoms with Gasteiger partial charge in [0.15, 0.2) is 0 Å². The first-order valence-electron chi connectivity index (χ1n) is 6.19. The standard InChI is InChI=1S/C14H20N2O3.ClH/c1-10(14(18)19-2)9-16-13(17)12(15)8-11-6-4-3-5-7-11;/h3-7,10,12H,8-9,15H2,1-2H3,(H,16,17);1H/t10?,12-;/m0./s1. The summed E-state index contributed by atoms with van der Waals surface area (Å²) in [6.45, 7) is 1.92. The number of nitrogens with two attached hydrogens (primary N) is 1. The summed E-state index contributed by atoms with van der Waals surface area (Å²) in [4.78, 5) is 23.0. The number of nitrogens with one attached hydrogen (secondary N) is 1. The highest BCUT2D eigenvalue weighted by Gasteiger charge is 2.17. The highest BCUT2D eigenvalue weighted by atomic mass is 35.5. The normalized spacial score (nSPS) is 12.8. The summed E-state index contributed by atoms with van der Waals surface area (Å²) in [5.74, 6) is -0.991. The molecule has 1 amide bonds. The predicted octanol–water partition coefficient (Wildman–Crippen LogP) is 0.904. The van der Waals surface area contributed by atoms with Crippen LogP contribution >= 0.6 is 12.4 Å². The van der Waals surface area contributed by atoms with E-state index in [2.05, 4.69) is 10.1 Å². The Labute approximate surface area is 125 Å². The largest absolute Gasteiger partial charge is 0.469 e. The predicted molar refractivity (Wildman–Crippen MR) is 79.6 cm³/mol. The lowest BCUT2D eigenvalue weighted by Crippen LogP contribution is -2.44. The molecule has 0 aliphatic rings. The van der Waals surface area contributed by atoms with Gasteiger partial charge in [-0.2, -0.15) is 0 Å². The van der Waals surface area contributed by atoms with Crippen molar-refractivity contribution in [1.29, 1.82) is 0 Å². The number of hydrogen-bond donors (Lipinski definition) is 2. The molecule has 0 radical (unpaired) electrons. The van der Waals surface area contributed by atoms with Gasteiger partial charge in [0.1, 0.15) is 0 Å². The van der Waals surface area contributed by atoms with Gasteiger partial charge in [-0.15, -0.1) is 12.4 Å². The van der Waals surface area contributed by atoms with E-state index in [1.807, 2.05) is 30.3 Å². The first-order chi connectivity index (χ1) is 9.04. The molecule has 0 aromatic heterocycles. The fourth-order valence-corrected chi connectivity index (χ4v) is 1.63. The van der Waals surface area contributed by atoms with Gasteiger partial charge in [-0.25, -0.2) is 0 Å². The minimum atomic E-state index is -0.618. The number of halogens is 1. The van der Waals surface area contributed by atoms with E-state index in [0.717, 1.165) is 5.56 Å². The summed E-state index contributed by atoms with van der Waals surface area (Å²) in [6, 6.07) is 8.94. The van der Waals surface area contributed by atoms with Crippen molar-refractivity contribution in [2.24, 2.45) is 11.7 Å². The zero-order valence-corrected chi connectivity index (χ0v) is 12.5. The van der Waals surface area contributed by atoms with Crippen molar-refractivity contribution in [3.63, 3.8) is 0 Å². The van der Waals surface area contributed by atoms with E-state index in [-0.39, 0.29) is 36.7 Å². The smallest absolute Gasteiger partial charge is 0.310 e. The number of esters is 1. The van der Waals surface area contributed by atoms with E-state index < -0.39 is 6.04 Å². The maximum Gasteiger partial charge on any atom is 0.310 e. The number of hydrogen-bond acceptors (Lipinski definition) is 4. The fraction of sp³-hybridized carbons (Fsp3) is 0.429. The van der Waals surface area contributed by atoms with Gasteiger partial charge in [0, 0.05) is 6.54 Å². The van der Waals surface area contributed by atoms with Crippen molar-refractivity contribution in [3.05, 3.63) is 35.9 Å². The molecule has 6 heteroatoms. The Morgan fingerprint density at radius 2 is 1.90 bits per heavy atom. The molecule has 0 saturated carbocycles. The average Bonchev–Trinajstić information content (AvgIpc) is 2.44. The molecule has 0 fully saturated rings. The molecule has 1 aromatic rings. The van der Waals surface area contributed by atoms with Crippen molar-refractivity contribution in [2.75, 3.05) is 13.7 Å². The summed E-state index contributed by atoms with van der Waals surface area (Å²) >= 11 is 0. The minimum Gasteiger partial charge on any atom is -0.469 e. The fourth-order valence-electron chi connectivity index (χ4n) is 1.63. The topological polar surface area (TPSA) is 81.4 Å². The molecule has 1 unspecified atom stereocenters. The summed E-state index contributed by atoms with van der Waals surface area (Å²) < 4.78 is 4.58. The minimum absolute atomic E-state index is 0. The number of ether oxygens (including phenoxy) is 1. The van der Waals surface area contributed by atoms with E-state index in [9.17, 15) is 9.59 Å². The number of carbonyl (C=O) groups is 2. The molecule has 112 valence electrons. The van der Waals surface area contributed by atoms with Gasteiger partial charge in [-0.05, 0) is 12.0 Å². The second kappa shape index (κ2) is 9.34. The Balaban J connectivity index is 0.00000361. The van der Waals surface area contributed by atoms with Crippen LogP contribution in [-0.4, -0.2) is 31.6 Å². The van der Waals surface area contributed by atoms with Crippen LogP contribution in [0.1, 0.15) is 12.5 Å². The lowest BCUT2D eigenvalue weighted by atomic mass is 10.1. The second-order valence-corrected chi connectivity index (χ2v) is 4.47. The Bertz CT molecular complexity index is 426. The van der Waals surface area contributed by atoms with E-state index in [1.54, 1.807) is 6.92 Å². The van der Waals surface area contributed by atoms with E-state index in [1.165, 1.54) is 7.11 Å². The van der Waals surface area contributed by atoms with E-state index in [0.29, 0.717) is 6.42 Å². The van der Waals surface area contributed by atoms with Crippen LogP contribution in [0.25, 0.3) is 0 Å². The van der Waals surface area contributed by atoms with Crippen LogP contribution in [-0.2, 0) is 20.7 Å². The van der Waals surface area contributed by atoms with Crippen LogP contribution in [0.15, 0.2) is 30.3 Å². The summed E-state index contributed by atoms with van der Waals surface area (Å²) in [6.07, 6.45) is 0.472. The quantitative estimate of drug-likeness (QED) is 0.765. The molecule has 5 nitrogen and oxygen atoms in total. The van der Waals surface area contributed by atoms with Crippen molar-refractivity contribution in [2.45, 2.75) is 19.4 Å². The molecule has 0 bridgehead atoms. The Morgan fingerprint density at radius 3 is 2.45 bits per heavy atom. The zero-order chi connectivity index (χ0) is 14.3. The third-order valence-corrected chi connectivity index (χ3v) is 2.82. The first kappa shape index (κ1) is 18.4. The number of benzene rings is 1. The first-order valence-corrected chi connectivity index (χ1v) is 6.19. The lowest BCUT2D eigenvalue weighted by Gasteiger charge is -2.14. The number of methoxy groups -OCH3 is 1. The van der Waals surface area contributed by atoms with Crippen LogP contribution in [0.2, 0.25) is 0 Å². The zero-order valence-electron chi connectivity index (χ0n) is 11.7. The maximum absolute atomic E-state index is 11.8. The van der Waals surface area contributed by atoms with Gasteiger partial charge >= 0.3 is 5.97 Å². The van der Waals surface area contributed by atoms with Crippen LogP contribution in [0.3, 0.4) is 0 Å². The second-order valence-electron chi connectivity index (χ2n) is 4.47.